The van der Waals surface area contributed by atoms with Crippen molar-refractivity contribution in [2.45, 2.75) is 12.5 Å². The number of nitrogens with one attached hydrogen (secondary N) is 3. The molecule has 30 heavy (non-hydrogen) atoms. The molecule has 1 atom stereocenters. The van der Waals surface area contributed by atoms with Crippen molar-refractivity contribution in [3.8, 4) is 0 Å². The van der Waals surface area contributed by atoms with E-state index in [4.69, 9.17) is 11.6 Å². The molecule has 0 spiro atoms. The van der Waals surface area contributed by atoms with Gasteiger partial charge in [-0.05, 0) is 29.8 Å². The van der Waals surface area contributed by atoms with E-state index < -0.39 is 23.8 Å². The third-order valence-corrected chi connectivity index (χ3v) is 4.70. The van der Waals surface area contributed by atoms with Gasteiger partial charge in [0.2, 0.25) is 5.91 Å². The van der Waals surface area contributed by atoms with Gasteiger partial charge in [-0.2, -0.15) is 0 Å². The molecule has 3 N–H and O–H groups in total. The van der Waals surface area contributed by atoms with E-state index in [0.29, 0.717) is 16.1 Å². The summed E-state index contributed by atoms with van der Waals surface area (Å²) < 4.78 is 0. The zero-order chi connectivity index (χ0) is 21.3. The molecule has 0 radical (unpaired) electrons. The molecule has 3 rings (SSSR count). The van der Waals surface area contributed by atoms with Crippen LogP contribution in [0.1, 0.15) is 38.7 Å². The monoisotopic (exact) mass is 421 g/mol. The highest BCUT2D eigenvalue weighted by Gasteiger charge is 2.20. The van der Waals surface area contributed by atoms with Gasteiger partial charge in [0.1, 0.15) is 0 Å². The van der Waals surface area contributed by atoms with Gasteiger partial charge >= 0.3 is 0 Å². The number of rotatable bonds is 6. The number of carbonyl (C=O) groups is 3. The van der Waals surface area contributed by atoms with Gasteiger partial charge in [-0.1, -0.05) is 72.3 Å². The molecular formula is C23H20ClN3O3. The van der Waals surface area contributed by atoms with Gasteiger partial charge in [-0.15, -0.1) is 0 Å². The SMILES string of the molecule is O=C(C[C@H](NC(=O)c1ccccc1Cl)c1ccccc1)NNC(=O)c1ccccc1. The molecule has 3 aromatic rings. The molecule has 0 bridgehead atoms. The second kappa shape index (κ2) is 10.2. The molecule has 0 aliphatic heterocycles. The summed E-state index contributed by atoms with van der Waals surface area (Å²) in [5.41, 5.74) is 6.26. The van der Waals surface area contributed by atoms with E-state index in [0.717, 1.165) is 5.56 Å². The van der Waals surface area contributed by atoms with Crippen LogP contribution >= 0.6 is 11.6 Å². The lowest BCUT2D eigenvalue weighted by Gasteiger charge is -2.19. The Bertz CT molecular complexity index is 1030. The van der Waals surface area contributed by atoms with Crippen LogP contribution in [0.3, 0.4) is 0 Å². The van der Waals surface area contributed by atoms with Crippen molar-refractivity contribution in [3.63, 3.8) is 0 Å². The first kappa shape index (κ1) is 21.1. The van der Waals surface area contributed by atoms with Crippen molar-refractivity contribution < 1.29 is 14.4 Å². The fourth-order valence-electron chi connectivity index (χ4n) is 2.84. The van der Waals surface area contributed by atoms with E-state index in [9.17, 15) is 14.4 Å². The van der Waals surface area contributed by atoms with E-state index in [-0.39, 0.29) is 6.42 Å². The van der Waals surface area contributed by atoms with Gasteiger partial charge in [0.25, 0.3) is 11.8 Å². The topological polar surface area (TPSA) is 87.3 Å². The van der Waals surface area contributed by atoms with Gasteiger partial charge in [0.05, 0.1) is 23.0 Å². The van der Waals surface area contributed by atoms with E-state index >= 15 is 0 Å². The van der Waals surface area contributed by atoms with Crippen molar-refractivity contribution in [1.29, 1.82) is 0 Å². The first-order chi connectivity index (χ1) is 14.5. The van der Waals surface area contributed by atoms with Crippen molar-refractivity contribution >= 4 is 29.3 Å². The Morgan fingerprint density at radius 1 is 0.733 bits per heavy atom. The summed E-state index contributed by atoms with van der Waals surface area (Å²) in [6, 6.07) is 23.7. The molecule has 7 heteroatoms. The molecule has 6 nitrogen and oxygen atoms in total. The highest BCUT2D eigenvalue weighted by atomic mass is 35.5. The highest BCUT2D eigenvalue weighted by molar-refractivity contribution is 6.33. The molecular weight excluding hydrogens is 402 g/mol. The molecule has 0 saturated carbocycles. The Balaban J connectivity index is 1.67. The molecule has 0 aromatic heterocycles. The molecule has 0 unspecified atom stereocenters. The fraction of sp³-hybridized carbons (Fsp3) is 0.0870. The zero-order valence-electron chi connectivity index (χ0n) is 16.0. The molecule has 0 heterocycles. The van der Waals surface area contributed by atoms with Crippen molar-refractivity contribution in [2.75, 3.05) is 0 Å². The maximum atomic E-state index is 12.7. The summed E-state index contributed by atoms with van der Waals surface area (Å²) in [6.45, 7) is 0. The minimum Gasteiger partial charge on any atom is -0.345 e. The Hall–Kier alpha value is -3.64. The minimum atomic E-state index is -0.608. The average Bonchev–Trinajstić information content (AvgIpc) is 2.78. The minimum absolute atomic E-state index is 0.0741. The van der Waals surface area contributed by atoms with E-state index in [1.807, 2.05) is 30.3 Å². The molecule has 0 aliphatic carbocycles. The van der Waals surface area contributed by atoms with Gasteiger partial charge < -0.3 is 5.32 Å². The first-order valence-electron chi connectivity index (χ1n) is 9.29. The summed E-state index contributed by atoms with van der Waals surface area (Å²) in [5.74, 6) is -1.27. The van der Waals surface area contributed by atoms with Gasteiger partial charge in [-0.3, -0.25) is 25.2 Å². The molecule has 3 aromatic carbocycles. The van der Waals surface area contributed by atoms with E-state index in [1.54, 1.807) is 54.6 Å². The number of carbonyl (C=O) groups excluding carboxylic acids is 3. The van der Waals surface area contributed by atoms with Crippen LogP contribution in [0.4, 0.5) is 0 Å². The second-order valence-electron chi connectivity index (χ2n) is 6.49. The van der Waals surface area contributed by atoms with Crippen molar-refractivity contribution in [1.82, 2.24) is 16.2 Å². The molecule has 3 amide bonds. The number of hydrogen-bond donors (Lipinski definition) is 3. The Morgan fingerprint density at radius 3 is 2.00 bits per heavy atom. The van der Waals surface area contributed by atoms with Crippen LogP contribution in [0.2, 0.25) is 5.02 Å². The van der Waals surface area contributed by atoms with Gasteiger partial charge in [-0.25, -0.2) is 0 Å². The van der Waals surface area contributed by atoms with Gasteiger partial charge in [0.15, 0.2) is 0 Å². The summed E-state index contributed by atoms with van der Waals surface area (Å²) >= 11 is 6.11. The third-order valence-electron chi connectivity index (χ3n) is 4.37. The standard InChI is InChI=1S/C23H20ClN3O3/c24-19-14-8-7-13-18(19)23(30)25-20(16-9-3-1-4-10-16)15-21(28)26-27-22(29)17-11-5-2-6-12-17/h1-14,20H,15H2,(H,25,30)(H,26,28)(H,27,29)/t20-/m0/s1. The maximum absolute atomic E-state index is 12.7. The molecule has 0 fully saturated rings. The fourth-order valence-corrected chi connectivity index (χ4v) is 3.07. The zero-order valence-corrected chi connectivity index (χ0v) is 16.7. The van der Waals surface area contributed by atoms with Crippen LogP contribution in [0.15, 0.2) is 84.9 Å². The first-order valence-corrected chi connectivity index (χ1v) is 9.67. The lowest BCUT2D eigenvalue weighted by Crippen LogP contribution is -2.43. The van der Waals surface area contributed by atoms with E-state index in [2.05, 4.69) is 16.2 Å². The summed E-state index contributed by atoms with van der Waals surface area (Å²) in [4.78, 5) is 37.2. The summed E-state index contributed by atoms with van der Waals surface area (Å²) in [7, 11) is 0. The van der Waals surface area contributed by atoms with E-state index in [1.165, 1.54) is 0 Å². The number of hydrogen-bond acceptors (Lipinski definition) is 3. The number of benzene rings is 3. The number of amides is 3. The summed E-state index contributed by atoms with van der Waals surface area (Å²) in [5, 5.41) is 3.16. The lowest BCUT2D eigenvalue weighted by atomic mass is 10.0. The lowest BCUT2D eigenvalue weighted by molar-refractivity contribution is -0.122. The van der Waals surface area contributed by atoms with Crippen LogP contribution in [-0.4, -0.2) is 17.7 Å². The van der Waals surface area contributed by atoms with Gasteiger partial charge in [0, 0.05) is 5.56 Å². The Kier molecular flexibility index (Phi) is 7.19. The molecule has 0 aliphatic rings. The quantitative estimate of drug-likeness (QED) is 0.531. The Morgan fingerprint density at radius 2 is 1.33 bits per heavy atom. The molecule has 0 saturated heterocycles. The van der Waals surface area contributed by atoms with Crippen LogP contribution in [0, 0.1) is 0 Å². The Labute approximate surface area is 179 Å². The smallest absolute Gasteiger partial charge is 0.269 e. The summed E-state index contributed by atoms with van der Waals surface area (Å²) in [6.07, 6.45) is -0.0741. The third kappa shape index (κ3) is 5.68. The maximum Gasteiger partial charge on any atom is 0.269 e. The largest absolute Gasteiger partial charge is 0.345 e. The van der Waals surface area contributed by atoms with Crippen molar-refractivity contribution in [3.05, 3.63) is 107 Å². The normalized spacial score (nSPS) is 11.2. The molecule has 152 valence electrons. The second-order valence-corrected chi connectivity index (χ2v) is 6.90. The van der Waals surface area contributed by atoms with Crippen LogP contribution < -0.4 is 16.2 Å². The highest BCUT2D eigenvalue weighted by Crippen LogP contribution is 2.20. The number of halogens is 1. The van der Waals surface area contributed by atoms with Crippen LogP contribution in [0.25, 0.3) is 0 Å². The predicted molar refractivity (Wildman–Crippen MR) is 115 cm³/mol. The van der Waals surface area contributed by atoms with Crippen LogP contribution in [0.5, 0.6) is 0 Å². The number of hydrazine groups is 1. The predicted octanol–water partition coefficient (Wildman–Crippen LogP) is 3.66. The average molecular weight is 422 g/mol. The van der Waals surface area contributed by atoms with Crippen molar-refractivity contribution in [2.24, 2.45) is 0 Å². The van der Waals surface area contributed by atoms with Crippen LogP contribution in [-0.2, 0) is 4.79 Å².